The fourth-order valence-electron chi connectivity index (χ4n) is 4.08. The van der Waals surface area contributed by atoms with Crippen LogP contribution in [0.3, 0.4) is 0 Å². The Balaban J connectivity index is 1.70. The number of hydrogen-bond acceptors (Lipinski definition) is 5. The first kappa shape index (κ1) is 25.4. The van der Waals surface area contributed by atoms with Crippen molar-refractivity contribution in [3.8, 4) is 11.4 Å². The number of benzene rings is 2. The smallest absolute Gasteiger partial charge is 0.341 e. The normalized spacial score (nSPS) is 11.4. The lowest BCUT2D eigenvalue weighted by molar-refractivity contribution is -0.139. The van der Waals surface area contributed by atoms with Crippen LogP contribution in [0.4, 0.5) is 0 Å². The van der Waals surface area contributed by atoms with E-state index >= 15 is 0 Å². The Bertz CT molecular complexity index is 1500. The van der Waals surface area contributed by atoms with Gasteiger partial charge in [-0.25, -0.2) is 9.78 Å². The zero-order valence-electron chi connectivity index (χ0n) is 20.4. The molecule has 0 spiro atoms. The van der Waals surface area contributed by atoms with Gasteiger partial charge in [-0.05, 0) is 68.8 Å². The highest BCUT2D eigenvalue weighted by molar-refractivity contribution is 9.10. The summed E-state index contributed by atoms with van der Waals surface area (Å²) in [4.78, 5) is 28.8. The molecule has 0 unspecified atom stereocenters. The van der Waals surface area contributed by atoms with Gasteiger partial charge in [0.1, 0.15) is 11.6 Å². The molecule has 0 aliphatic rings. The molecule has 2 aromatic heterocycles. The van der Waals surface area contributed by atoms with Crippen LogP contribution in [0.25, 0.3) is 16.6 Å². The van der Waals surface area contributed by atoms with Gasteiger partial charge in [-0.2, -0.15) is 9.78 Å². The standard InChI is InChI=1S/C27H27BrN4O4/c1-4-5-6-25-30-24-12-7-20(28)14-23(24)27(35)32(25)29-15-19-13-17(2)31(18(19)3)21-8-10-22(11-9-21)36-16-26(33)34/h7-15H,4-6,16H2,1-3H3,(H,33,34). The van der Waals surface area contributed by atoms with Gasteiger partial charge in [0.2, 0.25) is 0 Å². The van der Waals surface area contributed by atoms with Crippen molar-refractivity contribution in [1.82, 2.24) is 14.2 Å². The number of rotatable bonds is 9. The quantitative estimate of drug-likeness (QED) is 0.287. The molecule has 4 rings (SSSR count). The minimum atomic E-state index is -1.02. The van der Waals surface area contributed by atoms with E-state index in [0.29, 0.717) is 28.9 Å². The first-order valence-corrected chi connectivity index (χ1v) is 12.5. The molecule has 0 atom stereocenters. The van der Waals surface area contributed by atoms with Crippen molar-refractivity contribution in [3.05, 3.63) is 86.1 Å². The number of aromatic nitrogens is 3. The lowest BCUT2D eigenvalue weighted by atomic mass is 10.2. The highest BCUT2D eigenvalue weighted by Gasteiger charge is 2.13. The maximum absolute atomic E-state index is 13.3. The second-order valence-corrected chi connectivity index (χ2v) is 9.41. The zero-order chi connectivity index (χ0) is 25.8. The second-order valence-electron chi connectivity index (χ2n) is 8.49. The minimum absolute atomic E-state index is 0.200. The van der Waals surface area contributed by atoms with E-state index in [-0.39, 0.29) is 12.2 Å². The average molecular weight is 551 g/mol. The van der Waals surface area contributed by atoms with Gasteiger partial charge in [0.25, 0.3) is 5.56 Å². The summed E-state index contributed by atoms with van der Waals surface area (Å²) < 4.78 is 9.52. The molecule has 36 heavy (non-hydrogen) atoms. The number of nitrogens with zero attached hydrogens (tertiary/aromatic N) is 4. The fraction of sp³-hybridized carbons (Fsp3) is 0.259. The number of aliphatic carboxylic acids is 1. The fourth-order valence-corrected chi connectivity index (χ4v) is 4.44. The minimum Gasteiger partial charge on any atom is -0.482 e. The summed E-state index contributed by atoms with van der Waals surface area (Å²) in [6.07, 6.45) is 4.25. The molecule has 8 nitrogen and oxygen atoms in total. The molecule has 4 aromatic rings. The van der Waals surface area contributed by atoms with Crippen molar-refractivity contribution in [2.45, 2.75) is 40.0 Å². The number of carboxylic acid groups (broad SMARTS) is 1. The topological polar surface area (TPSA) is 98.7 Å². The van der Waals surface area contributed by atoms with Gasteiger partial charge in [-0.1, -0.05) is 29.3 Å². The summed E-state index contributed by atoms with van der Waals surface area (Å²) >= 11 is 3.44. The van der Waals surface area contributed by atoms with E-state index < -0.39 is 5.97 Å². The summed E-state index contributed by atoms with van der Waals surface area (Å²) in [5.41, 5.74) is 4.19. The molecule has 0 aliphatic heterocycles. The number of aryl methyl sites for hydroxylation is 2. The Morgan fingerprint density at radius 2 is 1.92 bits per heavy atom. The van der Waals surface area contributed by atoms with Crippen molar-refractivity contribution in [1.29, 1.82) is 0 Å². The van der Waals surface area contributed by atoms with Gasteiger partial charge < -0.3 is 14.4 Å². The van der Waals surface area contributed by atoms with Gasteiger partial charge in [-0.3, -0.25) is 4.79 Å². The Hall–Kier alpha value is -3.72. The third-order valence-electron chi connectivity index (χ3n) is 5.87. The highest BCUT2D eigenvalue weighted by atomic mass is 79.9. The number of carbonyl (C=O) groups is 1. The molecule has 0 saturated heterocycles. The van der Waals surface area contributed by atoms with Crippen LogP contribution >= 0.6 is 15.9 Å². The molecule has 1 N–H and O–H groups in total. The number of halogens is 1. The molecule has 2 aromatic carbocycles. The Kier molecular flexibility index (Phi) is 7.69. The van der Waals surface area contributed by atoms with Crippen LogP contribution in [0.15, 0.2) is 62.9 Å². The molecule has 0 aliphatic carbocycles. The van der Waals surface area contributed by atoms with Crippen molar-refractivity contribution < 1.29 is 14.6 Å². The van der Waals surface area contributed by atoms with Crippen LogP contribution < -0.4 is 10.3 Å². The van der Waals surface area contributed by atoms with E-state index in [1.165, 1.54) is 4.68 Å². The van der Waals surface area contributed by atoms with Crippen molar-refractivity contribution in [2.24, 2.45) is 5.10 Å². The van der Waals surface area contributed by atoms with Crippen LogP contribution in [0.2, 0.25) is 0 Å². The third-order valence-corrected chi connectivity index (χ3v) is 6.36. The number of unbranched alkanes of at least 4 members (excludes halogenated alkanes) is 1. The number of ether oxygens (including phenoxy) is 1. The van der Waals surface area contributed by atoms with Gasteiger partial charge in [0.05, 0.1) is 17.1 Å². The van der Waals surface area contributed by atoms with Crippen LogP contribution in [-0.4, -0.2) is 38.1 Å². The van der Waals surface area contributed by atoms with E-state index in [0.717, 1.165) is 40.0 Å². The van der Waals surface area contributed by atoms with Gasteiger partial charge >= 0.3 is 5.97 Å². The van der Waals surface area contributed by atoms with Gasteiger partial charge in [0.15, 0.2) is 6.61 Å². The lowest BCUT2D eigenvalue weighted by Crippen LogP contribution is -2.22. The Morgan fingerprint density at radius 3 is 2.61 bits per heavy atom. The molecule has 9 heteroatoms. The Morgan fingerprint density at radius 1 is 1.17 bits per heavy atom. The summed E-state index contributed by atoms with van der Waals surface area (Å²) in [5.74, 6) is 0.102. The summed E-state index contributed by atoms with van der Waals surface area (Å²) in [7, 11) is 0. The maximum atomic E-state index is 13.3. The van der Waals surface area contributed by atoms with Crippen LogP contribution in [0, 0.1) is 13.8 Å². The molecule has 0 bridgehead atoms. The monoisotopic (exact) mass is 550 g/mol. The van der Waals surface area contributed by atoms with Crippen molar-refractivity contribution >= 4 is 39.0 Å². The van der Waals surface area contributed by atoms with Crippen LogP contribution in [0.5, 0.6) is 5.75 Å². The van der Waals surface area contributed by atoms with Gasteiger partial charge in [0, 0.05) is 33.5 Å². The Labute approximate surface area is 217 Å². The molecule has 0 fully saturated rings. The number of carboxylic acids is 1. The van der Waals surface area contributed by atoms with Crippen molar-refractivity contribution in [3.63, 3.8) is 0 Å². The lowest BCUT2D eigenvalue weighted by Gasteiger charge is -2.11. The van der Waals surface area contributed by atoms with Gasteiger partial charge in [-0.15, -0.1) is 0 Å². The van der Waals surface area contributed by atoms with Crippen LogP contribution in [0.1, 0.15) is 42.5 Å². The molecule has 0 radical (unpaired) electrons. The largest absolute Gasteiger partial charge is 0.482 e. The number of hydrogen-bond donors (Lipinski definition) is 1. The zero-order valence-corrected chi connectivity index (χ0v) is 21.9. The average Bonchev–Trinajstić information content (AvgIpc) is 3.14. The first-order chi connectivity index (χ1) is 17.3. The summed E-state index contributed by atoms with van der Waals surface area (Å²) in [6.45, 7) is 5.69. The third kappa shape index (κ3) is 5.41. The van der Waals surface area contributed by atoms with E-state index in [4.69, 9.17) is 14.8 Å². The summed E-state index contributed by atoms with van der Waals surface area (Å²) in [5, 5.41) is 13.9. The highest BCUT2D eigenvalue weighted by Crippen LogP contribution is 2.22. The molecule has 0 amide bonds. The predicted molar refractivity (Wildman–Crippen MR) is 144 cm³/mol. The van der Waals surface area contributed by atoms with Crippen LogP contribution in [-0.2, 0) is 11.2 Å². The van der Waals surface area contributed by atoms with E-state index in [1.54, 1.807) is 24.4 Å². The molecule has 186 valence electrons. The van der Waals surface area contributed by atoms with E-state index in [9.17, 15) is 9.59 Å². The first-order valence-electron chi connectivity index (χ1n) is 11.7. The molecular weight excluding hydrogens is 524 g/mol. The molecular formula is C27H27BrN4O4. The van der Waals surface area contributed by atoms with E-state index in [1.807, 2.05) is 44.2 Å². The molecule has 2 heterocycles. The second kappa shape index (κ2) is 10.9. The SMILES string of the molecule is CCCCc1nc2ccc(Br)cc2c(=O)n1N=Cc1cc(C)n(-c2ccc(OCC(=O)O)cc2)c1C. The number of fused-ring (bicyclic) bond motifs is 1. The predicted octanol–water partition coefficient (Wildman–Crippen LogP) is 5.25. The maximum Gasteiger partial charge on any atom is 0.341 e. The van der Waals surface area contributed by atoms with Crippen molar-refractivity contribution in [2.75, 3.05) is 6.61 Å². The molecule has 0 saturated carbocycles. The summed E-state index contributed by atoms with van der Waals surface area (Å²) in [6, 6.07) is 14.7. The van der Waals surface area contributed by atoms with E-state index in [2.05, 4.69) is 32.5 Å².